The van der Waals surface area contributed by atoms with E-state index in [-0.39, 0.29) is 5.91 Å². The van der Waals surface area contributed by atoms with E-state index < -0.39 is 5.60 Å². The molecule has 1 atom stereocenters. The Balaban J connectivity index is 1.76. The lowest BCUT2D eigenvalue weighted by Gasteiger charge is -2.36. The van der Waals surface area contributed by atoms with Gasteiger partial charge in [-0.2, -0.15) is 0 Å². The van der Waals surface area contributed by atoms with Gasteiger partial charge in [-0.15, -0.1) is 0 Å². The molecule has 1 aromatic rings. The average molecular weight is 297 g/mol. The zero-order valence-electron chi connectivity index (χ0n) is 11.7. The van der Waals surface area contributed by atoms with Crippen LogP contribution in [-0.4, -0.2) is 41.1 Å². The Kier molecular flexibility index (Phi) is 5.02. The van der Waals surface area contributed by atoms with Gasteiger partial charge in [0.1, 0.15) is 0 Å². The van der Waals surface area contributed by atoms with Gasteiger partial charge in [-0.1, -0.05) is 23.7 Å². The van der Waals surface area contributed by atoms with Crippen LogP contribution in [0.15, 0.2) is 24.3 Å². The summed E-state index contributed by atoms with van der Waals surface area (Å²) in [7, 11) is 0. The van der Waals surface area contributed by atoms with Crippen LogP contribution in [0.2, 0.25) is 5.02 Å². The number of hydrogen-bond donors (Lipinski definition) is 2. The highest BCUT2D eigenvalue weighted by atomic mass is 35.5. The smallest absolute Gasteiger partial charge is 0.234 e. The molecule has 5 heteroatoms. The van der Waals surface area contributed by atoms with Crippen LogP contribution in [0.5, 0.6) is 0 Å². The highest BCUT2D eigenvalue weighted by Crippen LogP contribution is 2.19. The van der Waals surface area contributed by atoms with Crippen molar-refractivity contribution in [2.45, 2.75) is 31.9 Å². The molecular formula is C15H21ClN2O2. The van der Waals surface area contributed by atoms with E-state index in [1.54, 1.807) is 0 Å². The molecule has 1 aliphatic rings. The van der Waals surface area contributed by atoms with Crippen molar-refractivity contribution in [3.63, 3.8) is 0 Å². The molecule has 1 fully saturated rings. The number of piperidine rings is 1. The minimum absolute atomic E-state index is 0.0161. The number of carbonyl (C=O) groups is 1. The summed E-state index contributed by atoms with van der Waals surface area (Å²) >= 11 is 5.81. The van der Waals surface area contributed by atoms with Gasteiger partial charge in [-0.25, -0.2) is 0 Å². The third kappa shape index (κ3) is 4.78. The summed E-state index contributed by atoms with van der Waals surface area (Å²) < 4.78 is 0. The number of nitrogens with zero attached hydrogens (tertiary/aromatic N) is 1. The fourth-order valence-corrected chi connectivity index (χ4v) is 2.65. The lowest BCUT2D eigenvalue weighted by atomic mass is 9.95. The van der Waals surface area contributed by atoms with Crippen molar-refractivity contribution >= 4 is 17.5 Å². The third-order valence-corrected chi connectivity index (χ3v) is 3.78. The van der Waals surface area contributed by atoms with Crippen molar-refractivity contribution in [1.82, 2.24) is 10.2 Å². The van der Waals surface area contributed by atoms with E-state index in [9.17, 15) is 9.90 Å². The number of β-amino-alcohol motifs (C(OH)–C–C–N with tert-alkyl or cyclic N) is 1. The van der Waals surface area contributed by atoms with Gasteiger partial charge >= 0.3 is 0 Å². The first kappa shape index (κ1) is 15.3. The monoisotopic (exact) mass is 296 g/mol. The number of likely N-dealkylation sites (tertiary alicyclic amines) is 1. The molecule has 2 N–H and O–H groups in total. The van der Waals surface area contributed by atoms with Crippen molar-refractivity contribution in [2.24, 2.45) is 0 Å². The Bertz CT molecular complexity index is 459. The maximum absolute atomic E-state index is 11.9. The van der Waals surface area contributed by atoms with Gasteiger partial charge in [0.05, 0.1) is 12.1 Å². The number of nitrogens with one attached hydrogen (secondary N) is 1. The van der Waals surface area contributed by atoms with Crippen molar-refractivity contribution < 1.29 is 9.90 Å². The van der Waals surface area contributed by atoms with Crippen LogP contribution in [0.4, 0.5) is 0 Å². The fourth-order valence-electron chi connectivity index (χ4n) is 2.52. The summed E-state index contributed by atoms with van der Waals surface area (Å²) in [5, 5.41) is 13.6. The molecule has 1 heterocycles. The van der Waals surface area contributed by atoms with Crippen LogP contribution in [0.1, 0.15) is 25.3 Å². The molecule has 1 aromatic carbocycles. The van der Waals surface area contributed by atoms with Crippen LogP contribution in [0.25, 0.3) is 0 Å². The quantitative estimate of drug-likeness (QED) is 0.891. The number of amides is 1. The van der Waals surface area contributed by atoms with Crippen molar-refractivity contribution in [3.8, 4) is 0 Å². The molecule has 2 rings (SSSR count). The van der Waals surface area contributed by atoms with Gasteiger partial charge in [0.15, 0.2) is 0 Å². The normalized spacial score (nSPS) is 23.6. The molecule has 0 saturated carbocycles. The molecule has 0 aliphatic carbocycles. The lowest BCUT2D eigenvalue weighted by molar-refractivity contribution is -0.123. The molecule has 0 spiro atoms. The number of hydrogen-bond acceptors (Lipinski definition) is 3. The molecular weight excluding hydrogens is 276 g/mol. The number of rotatable bonds is 4. The van der Waals surface area contributed by atoms with Gasteiger partial charge in [-0.05, 0) is 44.0 Å². The number of carbonyl (C=O) groups excluding carboxylic acids is 1. The van der Waals surface area contributed by atoms with Crippen molar-refractivity contribution in [2.75, 3.05) is 19.6 Å². The average Bonchev–Trinajstić information content (AvgIpc) is 2.37. The maximum Gasteiger partial charge on any atom is 0.234 e. The summed E-state index contributed by atoms with van der Waals surface area (Å²) in [6.07, 6.45) is 1.73. The number of aliphatic hydroxyl groups is 1. The van der Waals surface area contributed by atoms with E-state index in [2.05, 4.69) is 5.32 Å². The Hall–Kier alpha value is -1.10. The fraction of sp³-hybridized carbons (Fsp3) is 0.533. The SMILES string of the molecule is CC1(O)CCCN(CC(=O)NCc2ccc(Cl)cc2)C1. The first-order valence-corrected chi connectivity index (χ1v) is 7.28. The summed E-state index contributed by atoms with van der Waals surface area (Å²) in [4.78, 5) is 13.9. The summed E-state index contributed by atoms with van der Waals surface area (Å²) in [6.45, 7) is 4.08. The lowest BCUT2D eigenvalue weighted by Crippen LogP contribution is -2.49. The molecule has 0 radical (unpaired) electrons. The van der Waals surface area contributed by atoms with Gasteiger partial charge in [-0.3, -0.25) is 9.69 Å². The van der Waals surface area contributed by atoms with E-state index >= 15 is 0 Å². The molecule has 0 aromatic heterocycles. The second-order valence-corrected chi connectivity index (χ2v) is 6.15. The summed E-state index contributed by atoms with van der Waals surface area (Å²) in [6, 6.07) is 7.42. The molecule has 1 saturated heterocycles. The van der Waals surface area contributed by atoms with E-state index in [0.29, 0.717) is 24.7 Å². The molecule has 20 heavy (non-hydrogen) atoms. The molecule has 1 unspecified atom stereocenters. The zero-order valence-corrected chi connectivity index (χ0v) is 12.5. The predicted molar refractivity (Wildman–Crippen MR) is 79.6 cm³/mol. The standard InChI is InChI=1S/C15H21ClN2O2/c1-15(20)7-2-8-18(11-15)10-14(19)17-9-12-3-5-13(16)6-4-12/h3-6,20H,2,7-11H2,1H3,(H,17,19). The second kappa shape index (κ2) is 6.57. The Labute approximate surface area is 124 Å². The van der Waals surface area contributed by atoms with E-state index in [0.717, 1.165) is 24.9 Å². The topological polar surface area (TPSA) is 52.6 Å². The molecule has 4 nitrogen and oxygen atoms in total. The first-order valence-electron chi connectivity index (χ1n) is 6.90. The maximum atomic E-state index is 11.9. The predicted octanol–water partition coefficient (Wildman–Crippen LogP) is 1.80. The molecule has 1 amide bonds. The van der Waals surface area contributed by atoms with Crippen LogP contribution in [0, 0.1) is 0 Å². The first-order chi connectivity index (χ1) is 9.44. The van der Waals surface area contributed by atoms with E-state index in [4.69, 9.17) is 11.6 Å². The highest BCUT2D eigenvalue weighted by molar-refractivity contribution is 6.30. The summed E-state index contributed by atoms with van der Waals surface area (Å²) in [5.74, 6) is -0.0161. The van der Waals surface area contributed by atoms with Crippen LogP contribution < -0.4 is 5.32 Å². The largest absolute Gasteiger partial charge is 0.389 e. The third-order valence-electron chi connectivity index (χ3n) is 3.52. The minimum atomic E-state index is -0.672. The van der Waals surface area contributed by atoms with Gasteiger partial charge in [0.2, 0.25) is 5.91 Å². The number of benzene rings is 1. The zero-order chi connectivity index (χ0) is 14.6. The van der Waals surface area contributed by atoms with Gasteiger partial charge < -0.3 is 10.4 Å². The van der Waals surface area contributed by atoms with Gasteiger partial charge in [0.25, 0.3) is 0 Å². The highest BCUT2D eigenvalue weighted by Gasteiger charge is 2.28. The van der Waals surface area contributed by atoms with E-state index in [1.807, 2.05) is 36.1 Å². The molecule has 110 valence electrons. The van der Waals surface area contributed by atoms with Crippen molar-refractivity contribution in [1.29, 1.82) is 0 Å². The van der Waals surface area contributed by atoms with Crippen molar-refractivity contribution in [3.05, 3.63) is 34.9 Å². The summed E-state index contributed by atoms with van der Waals surface area (Å²) in [5.41, 5.74) is 0.350. The van der Waals surface area contributed by atoms with Gasteiger partial charge in [0, 0.05) is 18.1 Å². The van der Waals surface area contributed by atoms with Crippen LogP contribution >= 0.6 is 11.6 Å². The Morgan fingerprint density at radius 1 is 1.45 bits per heavy atom. The van der Waals surface area contributed by atoms with E-state index in [1.165, 1.54) is 0 Å². The van der Waals surface area contributed by atoms with Crippen LogP contribution in [-0.2, 0) is 11.3 Å². The van der Waals surface area contributed by atoms with Crippen LogP contribution in [0.3, 0.4) is 0 Å². The molecule has 0 bridgehead atoms. The second-order valence-electron chi connectivity index (χ2n) is 5.71. The molecule has 1 aliphatic heterocycles. The Morgan fingerprint density at radius 2 is 2.15 bits per heavy atom. The Morgan fingerprint density at radius 3 is 2.80 bits per heavy atom. The number of halogens is 1. The minimum Gasteiger partial charge on any atom is -0.389 e.